The number of hydrogen-bond donors (Lipinski definition) is 1. The van der Waals surface area contributed by atoms with Gasteiger partial charge in [0, 0.05) is 37.6 Å². The van der Waals surface area contributed by atoms with Gasteiger partial charge in [-0.05, 0) is 44.1 Å². The summed E-state index contributed by atoms with van der Waals surface area (Å²) in [5.74, 6) is 0. The predicted octanol–water partition coefficient (Wildman–Crippen LogP) is 2.33. The molecule has 0 aliphatic carbocycles. The lowest BCUT2D eigenvalue weighted by Gasteiger charge is -2.60. The number of likely N-dealkylation sites (tertiary alicyclic amines) is 2. The van der Waals surface area contributed by atoms with Crippen molar-refractivity contribution in [3.63, 3.8) is 0 Å². The van der Waals surface area contributed by atoms with Crippen LogP contribution < -0.4 is 5.73 Å². The fourth-order valence-electron chi connectivity index (χ4n) is 3.83. The molecule has 2 N–H and O–H groups in total. The van der Waals surface area contributed by atoms with Gasteiger partial charge in [-0.15, -0.1) is 37.2 Å². The largest absolute Gasteiger partial charge is 0.327 e. The molecule has 2 fully saturated rings. The summed E-state index contributed by atoms with van der Waals surface area (Å²) in [7, 11) is 2.20. The van der Waals surface area contributed by atoms with Gasteiger partial charge < -0.3 is 15.5 Å². The first kappa shape index (κ1) is 23.5. The highest BCUT2D eigenvalue weighted by atomic mass is 35.5. The maximum Gasteiger partial charge on any atom is 0.0991 e. The van der Waals surface area contributed by atoms with Gasteiger partial charge in [-0.2, -0.15) is 5.26 Å². The summed E-state index contributed by atoms with van der Waals surface area (Å²) in [5, 5.41) is 8.79. The molecule has 0 bridgehead atoms. The minimum atomic E-state index is 0. The summed E-state index contributed by atoms with van der Waals surface area (Å²) in [6.45, 7) is 6.15. The predicted molar refractivity (Wildman–Crippen MR) is 106 cm³/mol. The molecule has 1 atom stereocenters. The molecule has 0 aromatic heterocycles. The highest BCUT2D eigenvalue weighted by Gasteiger charge is 2.49. The molecule has 7 heteroatoms. The molecule has 2 saturated heterocycles. The van der Waals surface area contributed by atoms with E-state index in [9.17, 15) is 0 Å². The average molecular weight is 394 g/mol. The number of hydrogen-bond acceptors (Lipinski definition) is 4. The summed E-state index contributed by atoms with van der Waals surface area (Å²) in [6, 6.07) is 10.1. The van der Waals surface area contributed by atoms with Crippen LogP contribution >= 0.6 is 37.2 Å². The Balaban J connectivity index is 0.00000176. The third-order valence-corrected chi connectivity index (χ3v) is 4.73. The van der Waals surface area contributed by atoms with Gasteiger partial charge in [0.15, 0.2) is 0 Å². The number of nitrogens with two attached hydrogens (primary N) is 1. The zero-order valence-electron chi connectivity index (χ0n) is 14.0. The zero-order chi connectivity index (χ0) is 14.9. The van der Waals surface area contributed by atoms with E-state index in [2.05, 4.69) is 22.9 Å². The van der Waals surface area contributed by atoms with Gasteiger partial charge in [0.2, 0.25) is 0 Å². The van der Waals surface area contributed by atoms with Crippen molar-refractivity contribution in [1.82, 2.24) is 9.80 Å². The standard InChI is InChI=1S/C17H24N4.3ClH/c1-20-10-17(11-20)12-21(13-17)7-6-16(19)8-14-2-4-15(9-18)5-3-14;;;/h2-5,16H,6-8,10-13,19H2,1H3;3*1H/t16-;;;/m0.../s1. The third-order valence-electron chi connectivity index (χ3n) is 4.73. The van der Waals surface area contributed by atoms with Gasteiger partial charge in [0.1, 0.15) is 0 Å². The van der Waals surface area contributed by atoms with Crippen molar-refractivity contribution in [3.05, 3.63) is 35.4 Å². The van der Waals surface area contributed by atoms with E-state index in [-0.39, 0.29) is 43.3 Å². The summed E-state index contributed by atoms with van der Waals surface area (Å²) in [5.41, 5.74) is 8.79. The molecular formula is C17H27Cl3N4. The van der Waals surface area contributed by atoms with Crippen LogP contribution in [0.4, 0.5) is 0 Å². The number of halogens is 3. The fourth-order valence-corrected chi connectivity index (χ4v) is 3.83. The maximum absolute atomic E-state index is 8.79. The van der Waals surface area contributed by atoms with Gasteiger partial charge in [0.25, 0.3) is 0 Å². The number of benzene rings is 1. The molecule has 2 heterocycles. The second-order valence-corrected chi connectivity index (χ2v) is 6.94. The van der Waals surface area contributed by atoms with E-state index in [1.807, 2.05) is 24.3 Å². The molecule has 0 amide bonds. The number of nitriles is 1. The average Bonchev–Trinajstić information content (AvgIpc) is 2.40. The maximum atomic E-state index is 8.79. The van der Waals surface area contributed by atoms with Gasteiger partial charge >= 0.3 is 0 Å². The lowest BCUT2D eigenvalue weighted by molar-refractivity contribution is -0.104. The van der Waals surface area contributed by atoms with Crippen LogP contribution in [0.2, 0.25) is 0 Å². The van der Waals surface area contributed by atoms with Crippen LogP contribution in [0.1, 0.15) is 17.5 Å². The fraction of sp³-hybridized carbons (Fsp3) is 0.588. The molecule has 3 rings (SSSR count). The Labute approximate surface area is 163 Å². The van der Waals surface area contributed by atoms with Gasteiger partial charge in [-0.1, -0.05) is 12.1 Å². The number of nitrogens with zero attached hydrogens (tertiary/aromatic N) is 3. The second kappa shape index (κ2) is 9.82. The van der Waals surface area contributed by atoms with E-state index in [0.29, 0.717) is 11.0 Å². The Morgan fingerprint density at radius 1 is 1.12 bits per heavy atom. The molecule has 136 valence electrons. The molecule has 1 spiro atoms. The molecule has 4 nitrogen and oxygen atoms in total. The van der Waals surface area contributed by atoms with Crippen molar-refractivity contribution in [3.8, 4) is 6.07 Å². The first-order valence-corrected chi connectivity index (χ1v) is 7.74. The van der Waals surface area contributed by atoms with Crippen LogP contribution in [0.3, 0.4) is 0 Å². The smallest absolute Gasteiger partial charge is 0.0991 e. The quantitative estimate of drug-likeness (QED) is 0.834. The van der Waals surface area contributed by atoms with Crippen LogP contribution in [0.25, 0.3) is 0 Å². The Bertz CT molecular complexity index is 530. The Kier molecular flexibility index (Phi) is 9.60. The normalized spacial score (nSPS) is 19.5. The van der Waals surface area contributed by atoms with Crippen LogP contribution in [-0.2, 0) is 6.42 Å². The van der Waals surface area contributed by atoms with Crippen molar-refractivity contribution in [2.24, 2.45) is 11.1 Å². The molecule has 0 radical (unpaired) electrons. The van der Waals surface area contributed by atoms with Crippen LogP contribution in [-0.4, -0.2) is 55.6 Å². The third kappa shape index (κ3) is 5.49. The SMILES string of the molecule is CN1CC2(C1)CN(CC[C@H](N)Cc1ccc(C#N)cc1)C2.Cl.Cl.Cl. The molecule has 2 aliphatic rings. The minimum Gasteiger partial charge on any atom is -0.327 e. The van der Waals surface area contributed by atoms with Crippen molar-refractivity contribution in [2.45, 2.75) is 18.9 Å². The minimum absolute atomic E-state index is 0. The van der Waals surface area contributed by atoms with E-state index in [1.165, 1.54) is 31.7 Å². The highest BCUT2D eigenvalue weighted by molar-refractivity contribution is 5.86. The summed E-state index contributed by atoms with van der Waals surface area (Å²) >= 11 is 0. The van der Waals surface area contributed by atoms with E-state index >= 15 is 0 Å². The molecule has 2 aliphatic heterocycles. The van der Waals surface area contributed by atoms with Gasteiger partial charge in [-0.3, -0.25) is 0 Å². The topological polar surface area (TPSA) is 56.3 Å². The van der Waals surface area contributed by atoms with E-state index in [0.717, 1.165) is 19.4 Å². The number of rotatable bonds is 5. The highest BCUT2D eigenvalue weighted by Crippen LogP contribution is 2.38. The Morgan fingerprint density at radius 2 is 1.71 bits per heavy atom. The first-order chi connectivity index (χ1) is 10.1. The molecule has 0 saturated carbocycles. The van der Waals surface area contributed by atoms with E-state index in [1.54, 1.807) is 0 Å². The lowest BCUT2D eigenvalue weighted by atomic mass is 9.73. The van der Waals surface area contributed by atoms with Crippen molar-refractivity contribution < 1.29 is 0 Å². The first-order valence-electron chi connectivity index (χ1n) is 7.74. The van der Waals surface area contributed by atoms with Crippen molar-refractivity contribution >= 4 is 37.2 Å². The molecular weight excluding hydrogens is 367 g/mol. The Morgan fingerprint density at radius 3 is 2.21 bits per heavy atom. The Hall–Kier alpha value is -0.540. The second-order valence-electron chi connectivity index (χ2n) is 6.94. The van der Waals surface area contributed by atoms with Crippen molar-refractivity contribution in [2.75, 3.05) is 39.8 Å². The summed E-state index contributed by atoms with van der Waals surface area (Å²) in [6.07, 6.45) is 1.94. The van der Waals surface area contributed by atoms with Crippen molar-refractivity contribution in [1.29, 1.82) is 5.26 Å². The van der Waals surface area contributed by atoms with Gasteiger partial charge in [0.05, 0.1) is 11.6 Å². The van der Waals surface area contributed by atoms with Crippen LogP contribution in [0.15, 0.2) is 24.3 Å². The van der Waals surface area contributed by atoms with E-state index < -0.39 is 0 Å². The molecule has 1 aromatic carbocycles. The summed E-state index contributed by atoms with van der Waals surface area (Å²) in [4.78, 5) is 4.93. The molecule has 24 heavy (non-hydrogen) atoms. The zero-order valence-corrected chi connectivity index (χ0v) is 16.4. The van der Waals surface area contributed by atoms with Crippen LogP contribution in [0, 0.1) is 16.7 Å². The lowest BCUT2D eigenvalue weighted by Crippen LogP contribution is -2.71. The van der Waals surface area contributed by atoms with Crippen LogP contribution in [0.5, 0.6) is 0 Å². The monoisotopic (exact) mass is 392 g/mol. The molecule has 0 unspecified atom stereocenters. The van der Waals surface area contributed by atoms with E-state index in [4.69, 9.17) is 11.0 Å². The summed E-state index contributed by atoms with van der Waals surface area (Å²) < 4.78 is 0. The van der Waals surface area contributed by atoms with Gasteiger partial charge in [-0.25, -0.2) is 0 Å². The molecule has 1 aromatic rings.